The first-order valence-corrected chi connectivity index (χ1v) is 9.24. The van der Waals surface area contributed by atoms with Crippen molar-refractivity contribution in [2.24, 2.45) is 0 Å². The molecule has 0 saturated heterocycles. The fourth-order valence-electron chi connectivity index (χ4n) is 3.52. The van der Waals surface area contributed by atoms with Crippen LogP contribution in [0, 0.1) is 12.7 Å². The first kappa shape index (κ1) is 17.6. The van der Waals surface area contributed by atoms with E-state index in [9.17, 15) is 4.39 Å². The monoisotopic (exact) mass is 379 g/mol. The van der Waals surface area contributed by atoms with Crippen LogP contribution in [0.1, 0.15) is 5.69 Å². The molecule has 4 aromatic rings. The van der Waals surface area contributed by atoms with Gasteiger partial charge in [0.15, 0.2) is 0 Å². The minimum absolute atomic E-state index is 0.236. The summed E-state index contributed by atoms with van der Waals surface area (Å²) in [6.45, 7) is 3.19. The molecular weight excluding hydrogens is 361 g/mol. The van der Waals surface area contributed by atoms with Crippen LogP contribution in [-0.4, -0.2) is 11.2 Å². The molecule has 4 heteroatoms. The van der Waals surface area contributed by atoms with Crippen molar-refractivity contribution in [1.82, 2.24) is 4.57 Å². The molecule has 27 heavy (non-hydrogen) atoms. The molecule has 4 rings (SSSR count). The molecule has 1 aromatic heterocycles. The second-order valence-corrected chi connectivity index (χ2v) is 6.85. The van der Waals surface area contributed by atoms with Gasteiger partial charge >= 0.3 is 0 Å². The largest absolute Gasteiger partial charge is 0.492 e. The maximum absolute atomic E-state index is 14.5. The molecular formula is C23H19ClFNO. The maximum atomic E-state index is 14.5. The second kappa shape index (κ2) is 7.45. The Labute approximate surface area is 162 Å². The van der Waals surface area contributed by atoms with Crippen molar-refractivity contribution >= 4 is 22.5 Å². The van der Waals surface area contributed by atoms with E-state index in [2.05, 4.69) is 4.57 Å². The van der Waals surface area contributed by atoms with Crippen LogP contribution in [0.2, 0.25) is 5.02 Å². The number of aromatic nitrogens is 1. The highest BCUT2D eigenvalue weighted by molar-refractivity contribution is 6.31. The summed E-state index contributed by atoms with van der Waals surface area (Å²) in [7, 11) is 0. The van der Waals surface area contributed by atoms with Gasteiger partial charge in [0.25, 0.3) is 0 Å². The lowest BCUT2D eigenvalue weighted by Crippen LogP contribution is -2.09. The minimum Gasteiger partial charge on any atom is -0.492 e. The number of hydrogen-bond donors (Lipinski definition) is 0. The van der Waals surface area contributed by atoms with Crippen LogP contribution in [0.25, 0.3) is 22.0 Å². The highest BCUT2D eigenvalue weighted by Gasteiger charge is 2.18. The molecule has 0 atom stereocenters. The number of rotatable bonds is 5. The summed E-state index contributed by atoms with van der Waals surface area (Å²) in [4.78, 5) is 0. The van der Waals surface area contributed by atoms with Crippen LogP contribution in [0.3, 0.4) is 0 Å². The molecule has 0 aliphatic carbocycles. The molecule has 0 radical (unpaired) electrons. The van der Waals surface area contributed by atoms with Gasteiger partial charge < -0.3 is 9.30 Å². The SMILES string of the molecule is Cc1c(-c2ccccc2F)c2cc(Cl)ccc2n1CCOc1ccccc1. The number of para-hydroxylation sites is 1. The number of nitrogens with zero attached hydrogens (tertiary/aromatic N) is 1. The Morgan fingerprint density at radius 2 is 1.70 bits per heavy atom. The fraction of sp³-hybridized carbons (Fsp3) is 0.130. The number of fused-ring (bicyclic) bond motifs is 1. The Bertz CT molecular complexity index is 1090. The van der Waals surface area contributed by atoms with Gasteiger partial charge in [-0.15, -0.1) is 0 Å². The topological polar surface area (TPSA) is 14.2 Å². The molecule has 0 saturated carbocycles. The zero-order valence-electron chi connectivity index (χ0n) is 15.0. The fourth-order valence-corrected chi connectivity index (χ4v) is 3.69. The van der Waals surface area contributed by atoms with E-state index in [1.807, 2.05) is 67.6 Å². The van der Waals surface area contributed by atoms with Crippen molar-refractivity contribution in [3.63, 3.8) is 0 Å². The quantitative estimate of drug-likeness (QED) is 0.386. The summed E-state index contributed by atoms with van der Waals surface area (Å²) in [6, 6.07) is 22.3. The molecule has 0 N–H and O–H groups in total. The van der Waals surface area contributed by atoms with E-state index in [1.165, 1.54) is 6.07 Å². The zero-order chi connectivity index (χ0) is 18.8. The highest BCUT2D eigenvalue weighted by atomic mass is 35.5. The normalized spacial score (nSPS) is 11.1. The van der Waals surface area contributed by atoms with E-state index in [0.717, 1.165) is 27.9 Å². The molecule has 0 amide bonds. The van der Waals surface area contributed by atoms with Crippen molar-refractivity contribution in [2.45, 2.75) is 13.5 Å². The van der Waals surface area contributed by atoms with Gasteiger partial charge in [-0.25, -0.2) is 4.39 Å². The van der Waals surface area contributed by atoms with Gasteiger partial charge in [0, 0.05) is 32.7 Å². The second-order valence-electron chi connectivity index (χ2n) is 6.41. The van der Waals surface area contributed by atoms with Crippen LogP contribution < -0.4 is 4.74 Å². The molecule has 0 aliphatic rings. The summed E-state index contributed by atoms with van der Waals surface area (Å²) >= 11 is 6.24. The number of hydrogen-bond acceptors (Lipinski definition) is 1. The van der Waals surface area contributed by atoms with Gasteiger partial charge in [-0.2, -0.15) is 0 Å². The smallest absolute Gasteiger partial charge is 0.131 e. The lowest BCUT2D eigenvalue weighted by atomic mass is 10.0. The molecule has 0 bridgehead atoms. The lowest BCUT2D eigenvalue weighted by molar-refractivity contribution is 0.299. The summed E-state index contributed by atoms with van der Waals surface area (Å²) in [5.74, 6) is 0.601. The van der Waals surface area contributed by atoms with E-state index in [1.54, 1.807) is 6.07 Å². The third kappa shape index (κ3) is 3.43. The summed E-state index contributed by atoms with van der Waals surface area (Å²) in [5.41, 5.74) is 3.48. The lowest BCUT2D eigenvalue weighted by Gasteiger charge is -2.11. The third-order valence-corrected chi connectivity index (χ3v) is 4.99. The van der Waals surface area contributed by atoms with Gasteiger partial charge in [-0.05, 0) is 43.3 Å². The van der Waals surface area contributed by atoms with Crippen molar-refractivity contribution in [3.8, 4) is 16.9 Å². The Morgan fingerprint density at radius 1 is 0.963 bits per heavy atom. The van der Waals surface area contributed by atoms with Crippen molar-refractivity contribution < 1.29 is 9.13 Å². The first-order valence-electron chi connectivity index (χ1n) is 8.86. The van der Waals surface area contributed by atoms with Crippen molar-refractivity contribution in [1.29, 1.82) is 0 Å². The maximum Gasteiger partial charge on any atom is 0.131 e. The summed E-state index contributed by atoms with van der Waals surface area (Å²) in [6.07, 6.45) is 0. The van der Waals surface area contributed by atoms with Crippen molar-refractivity contribution in [3.05, 3.63) is 89.3 Å². The third-order valence-electron chi connectivity index (χ3n) is 4.76. The molecule has 0 fully saturated rings. The van der Waals surface area contributed by atoms with Gasteiger partial charge in [0.2, 0.25) is 0 Å². The van der Waals surface area contributed by atoms with E-state index in [-0.39, 0.29) is 5.82 Å². The molecule has 0 unspecified atom stereocenters. The number of benzene rings is 3. The average molecular weight is 380 g/mol. The highest BCUT2D eigenvalue weighted by Crippen LogP contribution is 2.37. The van der Waals surface area contributed by atoms with Crippen LogP contribution in [0.5, 0.6) is 5.75 Å². The van der Waals surface area contributed by atoms with Gasteiger partial charge in [-0.1, -0.05) is 48.0 Å². The number of halogens is 2. The van der Waals surface area contributed by atoms with Crippen LogP contribution in [-0.2, 0) is 6.54 Å². The van der Waals surface area contributed by atoms with Crippen LogP contribution in [0.4, 0.5) is 4.39 Å². The van der Waals surface area contributed by atoms with E-state index >= 15 is 0 Å². The predicted octanol–water partition coefficient (Wildman–Crippen LogP) is 6.49. The Morgan fingerprint density at radius 3 is 2.48 bits per heavy atom. The average Bonchev–Trinajstić information content (AvgIpc) is 2.94. The van der Waals surface area contributed by atoms with E-state index in [0.29, 0.717) is 23.7 Å². The minimum atomic E-state index is -0.236. The van der Waals surface area contributed by atoms with E-state index < -0.39 is 0 Å². The molecule has 0 aliphatic heterocycles. The molecule has 1 heterocycles. The molecule has 3 aromatic carbocycles. The molecule has 2 nitrogen and oxygen atoms in total. The van der Waals surface area contributed by atoms with Gasteiger partial charge in [0.1, 0.15) is 18.2 Å². The predicted molar refractivity (Wildman–Crippen MR) is 109 cm³/mol. The Kier molecular flexibility index (Phi) is 4.87. The standard InChI is InChI=1S/C23H19ClFNO/c1-16-23(19-9-5-6-10-21(19)25)20-15-17(24)11-12-22(20)26(16)13-14-27-18-7-3-2-4-8-18/h2-12,15H,13-14H2,1H3. The first-order chi connectivity index (χ1) is 13.1. The molecule has 0 spiro atoms. The van der Waals surface area contributed by atoms with Gasteiger partial charge in [-0.3, -0.25) is 0 Å². The zero-order valence-corrected chi connectivity index (χ0v) is 15.7. The van der Waals surface area contributed by atoms with Crippen LogP contribution in [0.15, 0.2) is 72.8 Å². The van der Waals surface area contributed by atoms with Crippen LogP contribution >= 0.6 is 11.6 Å². The molecule has 136 valence electrons. The summed E-state index contributed by atoms with van der Waals surface area (Å²) < 4.78 is 22.5. The number of ether oxygens (including phenoxy) is 1. The van der Waals surface area contributed by atoms with Crippen molar-refractivity contribution in [2.75, 3.05) is 6.61 Å². The Balaban J connectivity index is 1.75. The summed E-state index contributed by atoms with van der Waals surface area (Å²) in [5, 5.41) is 1.59. The van der Waals surface area contributed by atoms with E-state index in [4.69, 9.17) is 16.3 Å². The van der Waals surface area contributed by atoms with Gasteiger partial charge in [0.05, 0.1) is 6.54 Å². The Hall–Kier alpha value is -2.78.